The van der Waals surface area contributed by atoms with Crippen molar-refractivity contribution in [3.8, 4) is 67.2 Å². The third-order valence-electron chi connectivity index (χ3n) is 19.9. The van der Waals surface area contributed by atoms with Crippen LogP contribution < -0.4 is 0 Å². The minimum Gasteiger partial charge on any atom is -0.305 e. The van der Waals surface area contributed by atoms with Crippen LogP contribution in [0.2, 0.25) is 0 Å². The van der Waals surface area contributed by atoms with Gasteiger partial charge in [-0.1, -0.05) is 230 Å². The van der Waals surface area contributed by atoms with Gasteiger partial charge in [0.25, 0.3) is 0 Å². The van der Waals surface area contributed by atoms with Crippen LogP contribution in [0.1, 0.15) is 116 Å². The third-order valence-corrected chi connectivity index (χ3v) is 19.9. The summed E-state index contributed by atoms with van der Waals surface area (Å²) in [7, 11) is 0. The Balaban J connectivity index is 0.000000165. The average Bonchev–Trinajstić information content (AvgIpc) is 1.53. The van der Waals surface area contributed by atoms with Crippen molar-refractivity contribution in [1.82, 2.24) is 15.0 Å². The molecule has 0 N–H and O–H groups in total. The Hall–Kier alpha value is -7.47. The van der Waals surface area contributed by atoms with E-state index in [2.05, 4.69) is 53.9 Å². The fourth-order valence-corrected chi connectivity index (χ4v) is 15.3. The number of para-hydroxylation sites is 1. The predicted molar refractivity (Wildman–Crippen MR) is 349 cm³/mol. The number of pyridine rings is 3. The number of fused-ring (bicyclic) bond motifs is 11. The number of halogens is 18. The van der Waals surface area contributed by atoms with E-state index >= 15 is 0 Å². The van der Waals surface area contributed by atoms with Crippen LogP contribution in [0.15, 0.2) is 188 Å². The minimum atomic E-state index is -5.61. The van der Waals surface area contributed by atoms with Crippen LogP contribution in [0.25, 0.3) is 89.0 Å². The average molecular weight is 1990 g/mol. The van der Waals surface area contributed by atoms with Crippen LogP contribution in [0.4, 0.5) is 79.0 Å². The van der Waals surface area contributed by atoms with E-state index in [0.717, 1.165) is 89.5 Å². The molecule has 4 aliphatic rings. The van der Waals surface area contributed by atoms with E-state index in [1.165, 1.54) is 79.2 Å². The smallest absolute Gasteiger partial charge is 0.305 e. The van der Waals surface area contributed by atoms with Gasteiger partial charge in [0.05, 0.1) is 11.0 Å². The molecule has 3 nitrogen and oxygen atoms in total. The standard InChI is InChI=1S/C28H20F6N.C26H16F6N.C26H20F6N.3Pt/c1-25(2,3)20-9-6-10-24-19(20)13-14-23(35-24)16-11-12-18-17-7-4-5-8-21(17)26(22(18)15-16,27(29,30)31)28(32,33)34;1-2-15-14-23(33-22-10-6-4-7-17(15)22)16-11-12-19-18-8-3-5-9-20(18)24(21(19)13-16,25(27,28)29)26(30,31)32;27-25(28,29)24(26(30,31)32)21-9-5-4-8-19(21)20-11-10-18(14-22(20)24)23-15-17(12-13-33-23)16-6-2-1-3-7-16;;;/h4-10,12-15H,1-3H3;3-10,12-14H,2H2,1H3;4-5,8-9,11-16H,1-3,6-7H2;;;/q3*-1;;;. The molecule has 1 fully saturated rings. The number of hydrogen-bond donors (Lipinski definition) is 0. The molecule has 0 spiro atoms. The summed E-state index contributed by atoms with van der Waals surface area (Å²) in [6.45, 7) is 8.08. The van der Waals surface area contributed by atoms with Crippen molar-refractivity contribution in [3.05, 3.63) is 256 Å². The molecule has 3 aromatic heterocycles. The monoisotopic (exact) mass is 1990 g/mol. The number of alkyl halides is 18. The van der Waals surface area contributed by atoms with Gasteiger partial charge in [-0.15, -0.1) is 71.3 Å². The summed E-state index contributed by atoms with van der Waals surface area (Å²) < 4.78 is 259. The van der Waals surface area contributed by atoms with Crippen molar-refractivity contribution in [1.29, 1.82) is 0 Å². The SMILES string of the molecule is CC(C)(C)c1cccc2nc(-c3[c-]cc4c(c3)C(C(F)(F)F)(C(F)(F)F)c3ccccc3-4)ccc12.CCc1cc(-c2[c-]cc3c(c2)C(C(F)(F)F)(C(F)(F)F)c2ccccc2-3)nc2ccccc12.FC(F)(F)C1(C(F)(F)F)c2ccccc2-c2c[c-]c(-c3cc(C4CCCCC4)ccn3)cc21.[Pt].[Pt].[Pt]. The van der Waals surface area contributed by atoms with Crippen LogP contribution >= 0.6 is 0 Å². The van der Waals surface area contributed by atoms with E-state index in [0.29, 0.717) is 29.1 Å². The van der Waals surface area contributed by atoms with E-state index in [4.69, 9.17) is 0 Å². The first kappa shape index (κ1) is 79.1. The van der Waals surface area contributed by atoms with Crippen molar-refractivity contribution in [3.63, 3.8) is 0 Å². The number of aromatic nitrogens is 3. The molecule has 550 valence electrons. The van der Waals surface area contributed by atoms with Crippen molar-refractivity contribution in [2.75, 3.05) is 0 Å². The fourth-order valence-electron chi connectivity index (χ4n) is 15.3. The van der Waals surface area contributed by atoms with Crippen LogP contribution in [-0.2, 0) is 91.3 Å². The molecule has 3 heterocycles. The number of nitrogens with zero attached hydrogens (tertiary/aromatic N) is 3. The maximum absolute atomic E-state index is 14.4. The molecule has 8 aromatic carbocycles. The number of hydrogen-bond acceptors (Lipinski definition) is 3. The van der Waals surface area contributed by atoms with Crippen LogP contribution in [0.3, 0.4) is 0 Å². The first-order valence-electron chi connectivity index (χ1n) is 32.1. The molecule has 0 amide bonds. The Labute approximate surface area is 629 Å². The zero-order valence-corrected chi connectivity index (χ0v) is 61.6. The maximum Gasteiger partial charge on any atom is 0.409 e. The van der Waals surface area contributed by atoms with Gasteiger partial charge in [-0.3, -0.25) is 9.97 Å². The molecule has 0 saturated heterocycles. The van der Waals surface area contributed by atoms with E-state index in [9.17, 15) is 79.0 Å². The first-order valence-corrected chi connectivity index (χ1v) is 32.1. The normalized spacial score (nSPS) is 15.6. The van der Waals surface area contributed by atoms with Gasteiger partial charge in [-0.25, -0.2) is 0 Å². The molecule has 0 radical (unpaired) electrons. The molecular formula is C80H56F18N3Pt3-3. The zero-order chi connectivity index (χ0) is 72.4. The topological polar surface area (TPSA) is 38.7 Å². The minimum absolute atomic E-state index is 0. The summed E-state index contributed by atoms with van der Waals surface area (Å²) in [6, 6.07) is 51.3. The van der Waals surface area contributed by atoms with Crippen molar-refractivity contribution >= 4 is 21.8 Å². The maximum atomic E-state index is 14.4. The molecular weight excluding hydrogens is 1930 g/mol. The van der Waals surface area contributed by atoms with Gasteiger partial charge in [-0.2, -0.15) is 79.0 Å². The molecule has 0 bridgehead atoms. The predicted octanol–water partition coefficient (Wildman–Crippen LogP) is 24.0. The second-order valence-corrected chi connectivity index (χ2v) is 26.6. The Morgan fingerprint density at radius 1 is 0.375 bits per heavy atom. The van der Waals surface area contributed by atoms with Crippen LogP contribution in [0, 0.1) is 18.2 Å². The quantitative estimate of drug-likeness (QED) is 0.127. The largest absolute Gasteiger partial charge is 0.409 e. The summed E-state index contributed by atoms with van der Waals surface area (Å²) in [6.07, 6.45) is -26.0. The second kappa shape index (κ2) is 28.4. The van der Waals surface area contributed by atoms with Crippen molar-refractivity contribution in [2.24, 2.45) is 0 Å². The summed E-state index contributed by atoms with van der Waals surface area (Å²) in [5.41, 5.74) is -12.8. The van der Waals surface area contributed by atoms with Crippen LogP contribution in [0.5, 0.6) is 0 Å². The van der Waals surface area contributed by atoms with E-state index < -0.39 is 86.7 Å². The van der Waals surface area contributed by atoms with Crippen molar-refractivity contribution in [2.45, 2.75) is 131 Å². The summed E-state index contributed by atoms with van der Waals surface area (Å²) >= 11 is 0. The zero-order valence-electron chi connectivity index (χ0n) is 54.8. The number of rotatable bonds is 5. The number of aryl methyl sites for hydroxylation is 1. The Bertz CT molecular complexity index is 5000. The number of benzene rings is 8. The summed E-state index contributed by atoms with van der Waals surface area (Å²) in [5, 5.41) is 1.76. The van der Waals surface area contributed by atoms with Crippen molar-refractivity contribution < 1.29 is 142 Å². The van der Waals surface area contributed by atoms with E-state index in [1.54, 1.807) is 48.7 Å². The van der Waals surface area contributed by atoms with Gasteiger partial charge in [0, 0.05) is 80.2 Å². The molecule has 1 saturated carbocycles. The van der Waals surface area contributed by atoms with Gasteiger partial charge in [-0.05, 0) is 93.7 Å². The molecule has 0 atom stereocenters. The first-order chi connectivity index (χ1) is 47.5. The Kier molecular flexibility index (Phi) is 21.6. The van der Waals surface area contributed by atoms with E-state index in [-0.39, 0.29) is 130 Å². The molecule has 11 aromatic rings. The second-order valence-electron chi connectivity index (χ2n) is 26.6. The molecule has 15 rings (SSSR count). The van der Waals surface area contributed by atoms with Gasteiger partial charge < -0.3 is 4.98 Å². The van der Waals surface area contributed by atoms with Gasteiger partial charge in [0.2, 0.25) is 0 Å². The molecule has 0 aliphatic heterocycles. The van der Waals surface area contributed by atoms with Gasteiger partial charge in [0.15, 0.2) is 16.2 Å². The molecule has 24 heteroatoms. The Morgan fingerprint density at radius 2 is 0.760 bits per heavy atom. The van der Waals surface area contributed by atoms with Gasteiger partial charge in [0.1, 0.15) is 0 Å². The summed E-state index contributed by atoms with van der Waals surface area (Å²) in [5.74, 6) is 0.323. The Morgan fingerprint density at radius 3 is 1.19 bits per heavy atom. The molecule has 0 unspecified atom stereocenters. The summed E-state index contributed by atoms with van der Waals surface area (Å²) in [4.78, 5) is 13.3. The molecule has 104 heavy (non-hydrogen) atoms. The van der Waals surface area contributed by atoms with Gasteiger partial charge >= 0.3 is 37.1 Å². The molecule has 4 aliphatic carbocycles. The van der Waals surface area contributed by atoms with Crippen LogP contribution in [-0.4, -0.2) is 52.0 Å². The van der Waals surface area contributed by atoms with E-state index in [1.807, 2.05) is 37.3 Å². The third kappa shape index (κ3) is 12.8. The fraction of sp³-hybridized carbons (Fsp3) is 0.263.